The van der Waals surface area contributed by atoms with E-state index < -0.39 is 0 Å². The fourth-order valence-corrected chi connectivity index (χ4v) is 1.69. The molecule has 3 heteroatoms. The highest BCUT2D eigenvalue weighted by Crippen LogP contribution is 2.17. The van der Waals surface area contributed by atoms with E-state index in [2.05, 4.69) is 39.1 Å². The first-order chi connectivity index (χ1) is 9.03. The van der Waals surface area contributed by atoms with Gasteiger partial charge in [0.2, 0.25) is 0 Å². The molecule has 0 aliphatic rings. The third kappa shape index (κ3) is 7.19. The fraction of sp³-hybridized carbons (Fsp3) is 0.625. The SMILES string of the molecule is CCCNCc1ccccc1OCCOC(C)(C)C. The summed E-state index contributed by atoms with van der Waals surface area (Å²) in [5, 5.41) is 3.40. The van der Waals surface area contributed by atoms with E-state index >= 15 is 0 Å². The summed E-state index contributed by atoms with van der Waals surface area (Å²) in [7, 11) is 0. The highest BCUT2D eigenvalue weighted by atomic mass is 16.5. The van der Waals surface area contributed by atoms with Crippen molar-refractivity contribution in [1.29, 1.82) is 0 Å². The van der Waals surface area contributed by atoms with Gasteiger partial charge in [0.05, 0.1) is 12.2 Å². The van der Waals surface area contributed by atoms with Crippen molar-refractivity contribution in [2.75, 3.05) is 19.8 Å². The van der Waals surface area contributed by atoms with Crippen molar-refractivity contribution in [1.82, 2.24) is 5.32 Å². The first-order valence-corrected chi connectivity index (χ1v) is 7.08. The molecule has 0 atom stereocenters. The molecule has 0 unspecified atom stereocenters. The highest BCUT2D eigenvalue weighted by Gasteiger charge is 2.09. The molecule has 0 aliphatic carbocycles. The maximum absolute atomic E-state index is 5.80. The molecule has 0 bridgehead atoms. The average molecular weight is 265 g/mol. The van der Waals surface area contributed by atoms with Crippen LogP contribution in [0.4, 0.5) is 0 Å². The molecule has 0 aliphatic heterocycles. The van der Waals surface area contributed by atoms with Gasteiger partial charge in [-0.05, 0) is 39.8 Å². The highest BCUT2D eigenvalue weighted by molar-refractivity contribution is 5.33. The maximum Gasteiger partial charge on any atom is 0.123 e. The molecule has 1 rings (SSSR count). The Morgan fingerprint density at radius 3 is 2.53 bits per heavy atom. The van der Waals surface area contributed by atoms with E-state index in [1.165, 1.54) is 5.56 Å². The molecule has 0 aromatic heterocycles. The number of rotatable bonds is 8. The van der Waals surface area contributed by atoms with Crippen molar-refractivity contribution in [3.63, 3.8) is 0 Å². The summed E-state index contributed by atoms with van der Waals surface area (Å²) in [5.74, 6) is 0.948. The van der Waals surface area contributed by atoms with Crippen LogP contribution in [0, 0.1) is 0 Å². The van der Waals surface area contributed by atoms with E-state index in [0.29, 0.717) is 13.2 Å². The van der Waals surface area contributed by atoms with Gasteiger partial charge in [0, 0.05) is 12.1 Å². The normalized spacial score (nSPS) is 11.6. The van der Waals surface area contributed by atoms with Crippen molar-refractivity contribution < 1.29 is 9.47 Å². The number of benzene rings is 1. The standard InChI is InChI=1S/C16H27NO2/c1-5-10-17-13-14-8-6-7-9-15(14)18-11-12-19-16(2,3)4/h6-9,17H,5,10-13H2,1-4H3. The van der Waals surface area contributed by atoms with Crippen LogP contribution >= 0.6 is 0 Å². The van der Waals surface area contributed by atoms with Crippen LogP contribution in [0.15, 0.2) is 24.3 Å². The van der Waals surface area contributed by atoms with Gasteiger partial charge in [-0.1, -0.05) is 25.1 Å². The van der Waals surface area contributed by atoms with Crippen LogP contribution in [0.3, 0.4) is 0 Å². The quantitative estimate of drug-likeness (QED) is 0.731. The second-order valence-corrected chi connectivity index (χ2v) is 5.59. The Labute approximate surface area is 117 Å². The van der Waals surface area contributed by atoms with E-state index in [9.17, 15) is 0 Å². The lowest BCUT2D eigenvalue weighted by Gasteiger charge is -2.20. The Morgan fingerprint density at radius 2 is 1.84 bits per heavy atom. The van der Waals surface area contributed by atoms with Crippen LogP contribution in [0.2, 0.25) is 0 Å². The Bertz CT molecular complexity index is 358. The molecule has 19 heavy (non-hydrogen) atoms. The molecule has 1 aromatic carbocycles. The minimum absolute atomic E-state index is 0.106. The minimum Gasteiger partial charge on any atom is -0.491 e. The number of ether oxygens (including phenoxy) is 2. The van der Waals surface area contributed by atoms with Crippen molar-refractivity contribution in [3.05, 3.63) is 29.8 Å². The van der Waals surface area contributed by atoms with Crippen LogP contribution in [-0.2, 0) is 11.3 Å². The van der Waals surface area contributed by atoms with Crippen LogP contribution in [0.25, 0.3) is 0 Å². The first kappa shape index (κ1) is 16.0. The molecular formula is C16H27NO2. The Kier molecular flexibility index (Phi) is 6.89. The number of para-hydroxylation sites is 1. The van der Waals surface area contributed by atoms with Gasteiger partial charge in [0.25, 0.3) is 0 Å². The number of hydrogen-bond acceptors (Lipinski definition) is 3. The predicted molar refractivity (Wildman–Crippen MR) is 79.6 cm³/mol. The Balaban J connectivity index is 2.39. The lowest BCUT2D eigenvalue weighted by atomic mass is 10.2. The van der Waals surface area contributed by atoms with Gasteiger partial charge in [-0.3, -0.25) is 0 Å². The molecule has 108 valence electrons. The third-order valence-corrected chi connectivity index (χ3v) is 2.59. The van der Waals surface area contributed by atoms with Crippen molar-refractivity contribution in [2.24, 2.45) is 0 Å². The smallest absolute Gasteiger partial charge is 0.123 e. The lowest BCUT2D eigenvalue weighted by Crippen LogP contribution is -2.22. The van der Waals surface area contributed by atoms with Gasteiger partial charge in [0.1, 0.15) is 12.4 Å². The van der Waals surface area contributed by atoms with Gasteiger partial charge in [0.15, 0.2) is 0 Å². The van der Waals surface area contributed by atoms with Crippen LogP contribution in [0.5, 0.6) is 5.75 Å². The predicted octanol–water partition coefficient (Wildman–Crippen LogP) is 3.38. The molecule has 0 saturated carbocycles. The number of hydrogen-bond donors (Lipinski definition) is 1. The largest absolute Gasteiger partial charge is 0.491 e. The summed E-state index contributed by atoms with van der Waals surface area (Å²) in [6.07, 6.45) is 1.14. The van der Waals surface area contributed by atoms with E-state index in [-0.39, 0.29) is 5.60 Å². The zero-order valence-electron chi connectivity index (χ0n) is 12.7. The molecule has 0 spiro atoms. The van der Waals surface area contributed by atoms with Gasteiger partial charge in [-0.25, -0.2) is 0 Å². The number of nitrogens with one attached hydrogen (secondary N) is 1. The summed E-state index contributed by atoms with van der Waals surface area (Å²) in [4.78, 5) is 0. The Morgan fingerprint density at radius 1 is 1.11 bits per heavy atom. The minimum atomic E-state index is -0.106. The molecule has 0 fully saturated rings. The van der Waals surface area contributed by atoms with Crippen molar-refractivity contribution in [2.45, 2.75) is 46.3 Å². The van der Waals surface area contributed by atoms with Crippen molar-refractivity contribution in [3.8, 4) is 5.75 Å². The van der Waals surface area contributed by atoms with E-state index in [1.54, 1.807) is 0 Å². The van der Waals surface area contributed by atoms with Crippen LogP contribution in [-0.4, -0.2) is 25.4 Å². The molecule has 1 aromatic rings. The van der Waals surface area contributed by atoms with E-state index in [1.807, 2.05) is 18.2 Å². The average Bonchev–Trinajstić information content (AvgIpc) is 2.35. The summed E-state index contributed by atoms with van der Waals surface area (Å²) >= 11 is 0. The fourth-order valence-electron chi connectivity index (χ4n) is 1.69. The summed E-state index contributed by atoms with van der Waals surface area (Å²) in [6, 6.07) is 8.16. The monoisotopic (exact) mass is 265 g/mol. The molecule has 0 heterocycles. The summed E-state index contributed by atoms with van der Waals surface area (Å²) < 4.78 is 11.4. The lowest BCUT2D eigenvalue weighted by molar-refractivity contribution is -0.0164. The van der Waals surface area contributed by atoms with Crippen LogP contribution in [0.1, 0.15) is 39.7 Å². The molecule has 0 amide bonds. The molecule has 3 nitrogen and oxygen atoms in total. The zero-order chi connectivity index (χ0) is 14.1. The Hall–Kier alpha value is -1.06. The van der Waals surface area contributed by atoms with Gasteiger partial charge in [-0.15, -0.1) is 0 Å². The molecule has 0 saturated heterocycles. The third-order valence-electron chi connectivity index (χ3n) is 2.59. The van der Waals surface area contributed by atoms with E-state index in [0.717, 1.165) is 25.3 Å². The summed E-state index contributed by atoms with van der Waals surface area (Å²) in [6.45, 7) is 11.4. The maximum atomic E-state index is 5.80. The second-order valence-electron chi connectivity index (χ2n) is 5.59. The van der Waals surface area contributed by atoms with Crippen LogP contribution < -0.4 is 10.1 Å². The molecule has 0 radical (unpaired) electrons. The first-order valence-electron chi connectivity index (χ1n) is 7.08. The van der Waals surface area contributed by atoms with Gasteiger partial charge < -0.3 is 14.8 Å². The summed E-state index contributed by atoms with van der Waals surface area (Å²) in [5.41, 5.74) is 1.10. The molecule has 1 N–H and O–H groups in total. The van der Waals surface area contributed by atoms with Crippen molar-refractivity contribution >= 4 is 0 Å². The second kappa shape index (κ2) is 8.18. The molecular weight excluding hydrogens is 238 g/mol. The van der Waals surface area contributed by atoms with Gasteiger partial charge >= 0.3 is 0 Å². The van der Waals surface area contributed by atoms with Gasteiger partial charge in [-0.2, -0.15) is 0 Å². The zero-order valence-corrected chi connectivity index (χ0v) is 12.7. The van der Waals surface area contributed by atoms with E-state index in [4.69, 9.17) is 9.47 Å². The topological polar surface area (TPSA) is 30.5 Å².